The molecule has 118 valence electrons. The van der Waals surface area contributed by atoms with Crippen LogP contribution in [0.3, 0.4) is 0 Å². The van der Waals surface area contributed by atoms with Crippen LogP contribution < -0.4 is 10.5 Å². The fourth-order valence-corrected chi connectivity index (χ4v) is 3.43. The highest BCUT2D eigenvalue weighted by Gasteiger charge is 2.26. The maximum Gasteiger partial charge on any atom is 0.336 e. The number of quaternary nitrogens is 1. The van der Waals surface area contributed by atoms with E-state index in [1.165, 1.54) is 10.5 Å². The van der Waals surface area contributed by atoms with Crippen LogP contribution in [-0.2, 0) is 11.3 Å². The van der Waals surface area contributed by atoms with Crippen LogP contribution in [0.25, 0.3) is 11.0 Å². The van der Waals surface area contributed by atoms with Crippen LogP contribution in [0.15, 0.2) is 27.4 Å². The Labute approximate surface area is 130 Å². The van der Waals surface area contributed by atoms with Crippen LogP contribution in [0.2, 0.25) is 0 Å². The summed E-state index contributed by atoms with van der Waals surface area (Å²) in [5.74, 6) is 0. The van der Waals surface area contributed by atoms with E-state index in [1.807, 2.05) is 13.0 Å². The lowest BCUT2D eigenvalue weighted by atomic mass is 10.0. The molecule has 1 aliphatic rings. The Morgan fingerprint density at radius 2 is 1.73 bits per heavy atom. The highest BCUT2D eigenvalue weighted by Crippen LogP contribution is 2.21. The van der Waals surface area contributed by atoms with Crippen molar-refractivity contribution in [3.63, 3.8) is 0 Å². The molecule has 0 aliphatic carbocycles. The number of hydrogen-bond donors (Lipinski definition) is 1. The van der Waals surface area contributed by atoms with Crippen LogP contribution in [0.5, 0.6) is 0 Å². The van der Waals surface area contributed by atoms with Gasteiger partial charge in [-0.1, -0.05) is 0 Å². The van der Waals surface area contributed by atoms with Gasteiger partial charge in [0.05, 0.1) is 0 Å². The Kier molecular flexibility index (Phi) is 4.06. The molecule has 1 aromatic carbocycles. The maximum absolute atomic E-state index is 11.9. The lowest BCUT2D eigenvalue weighted by Gasteiger charge is -2.32. The van der Waals surface area contributed by atoms with Gasteiger partial charge in [0.25, 0.3) is 0 Å². The summed E-state index contributed by atoms with van der Waals surface area (Å²) in [7, 11) is 0. The predicted octanol–water partition coefficient (Wildman–Crippen LogP) is 1.60. The second kappa shape index (κ2) is 5.86. The van der Waals surface area contributed by atoms with Crippen molar-refractivity contribution in [3.05, 3.63) is 45.3 Å². The SMILES string of the molecule is Cc1cc2oc(=O)cc(C[NH+]3C[C@@H](C)O[C@H](C)C3)c2cc1C. The number of aryl methyl sites for hydroxylation is 2. The quantitative estimate of drug-likeness (QED) is 0.857. The zero-order valence-electron chi connectivity index (χ0n) is 13.7. The zero-order valence-corrected chi connectivity index (χ0v) is 13.7. The van der Waals surface area contributed by atoms with Gasteiger partial charge >= 0.3 is 5.63 Å². The molecule has 0 amide bonds. The first-order valence-corrected chi connectivity index (χ1v) is 7.95. The monoisotopic (exact) mass is 302 g/mol. The number of benzene rings is 1. The molecular weight excluding hydrogens is 278 g/mol. The summed E-state index contributed by atoms with van der Waals surface area (Å²) in [6.45, 7) is 11.1. The fraction of sp³-hybridized carbons (Fsp3) is 0.500. The molecule has 3 rings (SSSR count). The van der Waals surface area contributed by atoms with Crippen molar-refractivity contribution in [2.24, 2.45) is 0 Å². The van der Waals surface area contributed by atoms with Crippen molar-refractivity contribution in [2.75, 3.05) is 13.1 Å². The molecule has 0 bridgehead atoms. The number of hydrogen-bond acceptors (Lipinski definition) is 3. The van der Waals surface area contributed by atoms with Crippen LogP contribution >= 0.6 is 0 Å². The topological polar surface area (TPSA) is 43.9 Å². The van der Waals surface area contributed by atoms with Crippen molar-refractivity contribution in [2.45, 2.75) is 46.4 Å². The van der Waals surface area contributed by atoms with Crippen molar-refractivity contribution >= 4 is 11.0 Å². The molecule has 1 fully saturated rings. The molecular formula is C18H24NO3+. The van der Waals surface area contributed by atoms with Crippen LogP contribution in [0, 0.1) is 13.8 Å². The normalized spacial score (nSPS) is 25.5. The zero-order chi connectivity index (χ0) is 15.9. The molecule has 1 aliphatic heterocycles. The summed E-state index contributed by atoms with van der Waals surface area (Å²) in [5.41, 5.74) is 3.87. The van der Waals surface area contributed by atoms with E-state index in [0.29, 0.717) is 5.58 Å². The molecule has 2 heterocycles. The molecule has 0 spiro atoms. The minimum absolute atomic E-state index is 0.258. The van der Waals surface area contributed by atoms with Crippen molar-refractivity contribution in [1.82, 2.24) is 0 Å². The second-order valence-electron chi connectivity index (χ2n) is 6.62. The summed E-state index contributed by atoms with van der Waals surface area (Å²) >= 11 is 0. The first-order valence-electron chi connectivity index (χ1n) is 7.95. The standard InChI is InChI=1S/C18H23NO3/c1-11-5-16-15(7-18(20)22-17(16)6-12(11)2)10-19-8-13(3)21-14(4)9-19/h5-7,13-14H,8-10H2,1-4H3/p+1/t13-,14-/m1/s1. The number of rotatable bonds is 2. The predicted molar refractivity (Wildman–Crippen MR) is 86.4 cm³/mol. The summed E-state index contributed by atoms with van der Waals surface area (Å²) < 4.78 is 11.2. The van der Waals surface area contributed by atoms with Gasteiger partial charge in [0.15, 0.2) is 0 Å². The average Bonchev–Trinajstić information content (AvgIpc) is 2.39. The number of nitrogens with one attached hydrogen (secondary N) is 1. The molecule has 0 unspecified atom stereocenters. The van der Waals surface area contributed by atoms with E-state index in [-0.39, 0.29) is 17.8 Å². The minimum atomic E-state index is -0.264. The van der Waals surface area contributed by atoms with Crippen LogP contribution in [0.1, 0.15) is 30.5 Å². The van der Waals surface area contributed by atoms with E-state index in [1.54, 1.807) is 6.07 Å². The van der Waals surface area contributed by atoms with Crippen LogP contribution in [0.4, 0.5) is 0 Å². The van der Waals surface area contributed by atoms with Gasteiger partial charge < -0.3 is 14.1 Å². The molecule has 0 radical (unpaired) electrons. The largest absolute Gasteiger partial charge is 0.423 e. The maximum atomic E-state index is 11.9. The number of fused-ring (bicyclic) bond motifs is 1. The molecule has 2 aromatic rings. The fourth-order valence-electron chi connectivity index (χ4n) is 3.43. The van der Waals surface area contributed by atoms with Gasteiger partial charge in [0.2, 0.25) is 0 Å². The molecule has 2 atom stereocenters. The Balaban J connectivity index is 1.99. The number of morpholine rings is 1. The van der Waals surface area contributed by atoms with Crippen molar-refractivity contribution in [3.8, 4) is 0 Å². The van der Waals surface area contributed by atoms with Crippen molar-refractivity contribution in [1.29, 1.82) is 0 Å². The van der Waals surface area contributed by atoms with Gasteiger partial charge in [-0.3, -0.25) is 0 Å². The molecule has 1 aromatic heterocycles. The van der Waals surface area contributed by atoms with E-state index in [4.69, 9.17) is 9.15 Å². The van der Waals surface area contributed by atoms with E-state index in [9.17, 15) is 4.79 Å². The third-order valence-corrected chi connectivity index (χ3v) is 4.50. The Morgan fingerprint density at radius 1 is 1.09 bits per heavy atom. The van der Waals surface area contributed by atoms with Crippen LogP contribution in [-0.4, -0.2) is 25.3 Å². The Hall–Kier alpha value is -1.65. The summed E-state index contributed by atoms with van der Waals surface area (Å²) in [5, 5.41) is 1.06. The number of ether oxygens (including phenoxy) is 1. The van der Waals surface area contributed by atoms with Gasteiger partial charge in [-0.25, -0.2) is 4.79 Å². The van der Waals surface area contributed by atoms with Gasteiger partial charge in [-0.2, -0.15) is 0 Å². The average molecular weight is 302 g/mol. The van der Waals surface area contributed by atoms with Gasteiger partial charge in [0.1, 0.15) is 37.4 Å². The Bertz CT molecular complexity index is 740. The van der Waals surface area contributed by atoms with Crippen molar-refractivity contribution < 1.29 is 14.1 Å². The van der Waals surface area contributed by atoms with E-state index >= 15 is 0 Å². The molecule has 4 heteroatoms. The molecule has 4 nitrogen and oxygen atoms in total. The summed E-state index contributed by atoms with van der Waals surface area (Å²) in [4.78, 5) is 13.3. The highest BCUT2D eigenvalue weighted by atomic mass is 16.5. The minimum Gasteiger partial charge on any atom is -0.423 e. The van der Waals surface area contributed by atoms with Gasteiger partial charge in [-0.15, -0.1) is 0 Å². The van der Waals surface area contributed by atoms with E-state index in [0.717, 1.165) is 36.1 Å². The smallest absolute Gasteiger partial charge is 0.336 e. The first kappa shape index (κ1) is 15.3. The molecule has 1 saturated heterocycles. The first-order chi connectivity index (χ1) is 10.4. The summed E-state index contributed by atoms with van der Waals surface area (Å²) in [6, 6.07) is 5.75. The third kappa shape index (κ3) is 3.08. The highest BCUT2D eigenvalue weighted by molar-refractivity contribution is 5.81. The summed E-state index contributed by atoms with van der Waals surface area (Å²) in [6.07, 6.45) is 0.517. The third-order valence-electron chi connectivity index (χ3n) is 4.50. The lowest BCUT2D eigenvalue weighted by molar-refractivity contribution is -0.928. The van der Waals surface area contributed by atoms with Gasteiger partial charge in [0, 0.05) is 17.0 Å². The van der Waals surface area contributed by atoms with Gasteiger partial charge in [-0.05, 0) is 51.0 Å². The lowest BCUT2D eigenvalue weighted by Crippen LogP contribution is -3.14. The second-order valence-corrected chi connectivity index (χ2v) is 6.62. The molecule has 1 N–H and O–H groups in total. The Morgan fingerprint density at radius 3 is 2.41 bits per heavy atom. The van der Waals surface area contributed by atoms with E-state index < -0.39 is 0 Å². The molecule has 22 heavy (non-hydrogen) atoms. The molecule has 0 saturated carbocycles. The van der Waals surface area contributed by atoms with E-state index in [2.05, 4.69) is 26.8 Å².